The van der Waals surface area contributed by atoms with E-state index in [4.69, 9.17) is 0 Å². The number of hydrogen-bond donors (Lipinski definition) is 0. The standard InChI is InChI=1S/C13H19N3O2/c1-10-6-7-12(17)16(14-10)9-13(18)15-8-4-3-5-11(15)2/h6-7,11H,3-5,8-9H2,1-2H3. The van der Waals surface area contributed by atoms with E-state index in [-0.39, 0.29) is 24.1 Å². The van der Waals surface area contributed by atoms with Gasteiger partial charge in [-0.3, -0.25) is 9.59 Å². The summed E-state index contributed by atoms with van der Waals surface area (Å²) in [7, 11) is 0. The first-order valence-electron chi connectivity index (χ1n) is 6.42. The summed E-state index contributed by atoms with van der Waals surface area (Å²) in [5.41, 5.74) is 0.521. The Bertz CT molecular complexity index is 495. The Kier molecular flexibility index (Phi) is 3.79. The van der Waals surface area contributed by atoms with Crippen molar-refractivity contribution in [2.75, 3.05) is 6.54 Å². The van der Waals surface area contributed by atoms with Crippen molar-refractivity contribution in [1.82, 2.24) is 14.7 Å². The highest BCUT2D eigenvalue weighted by molar-refractivity contribution is 5.76. The number of carbonyl (C=O) groups excluding carboxylic acids is 1. The quantitative estimate of drug-likeness (QED) is 0.784. The second-order valence-corrected chi connectivity index (χ2v) is 4.90. The predicted octanol–water partition coefficient (Wildman–Crippen LogP) is 0.953. The van der Waals surface area contributed by atoms with Crippen molar-refractivity contribution in [3.63, 3.8) is 0 Å². The van der Waals surface area contributed by atoms with Crippen LogP contribution in [0.15, 0.2) is 16.9 Å². The summed E-state index contributed by atoms with van der Waals surface area (Å²) in [4.78, 5) is 25.6. The monoisotopic (exact) mass is 249 g/mol. The molecule has 0 saturated carbocycles. The molecule has 1 amide bonds. The van der Waals surface area contributed by atoms with Gasteiger partial charge < -0.3 is 4.90 Å². The van der Waals surface area contributed by atoms with Crippen LogP contribution in [0.4, 0.5) is 0 Å². The van der Waals surface area contributed by atoms with E-state index in [9.17, 15) is 9.59 Å². The number of hydrogen-bond acceptors (Lipinski definition) is 3. The summed E-state index contributed by atoms with van der Waals surface area (Å²) in [6.07, 6.45) is 3.27. The van der Waals surface area contributed by atoms with E-state index >= 15 is 0 Å². The first-order valence-corrected chi connectivity index (χ1v) is 6.42. The highest BCUT2D eigenvalue weighted by Gasteiger charge is 2.23. The molecule has 0 aliphatic carbocycles. The second-order valence-electron chi connectivity index (χ2n) is 4.90. The van der Waals surface area contributed by atoms with Crippen LogP contribution >= 0.6 is 0 Å². The van der Waals surface area contributed by atoms with Crippen LogP contribution in [0, 0.1) is 6.92 Å². The maximum Gasteiger partial charge on any atom is 0.267 e. The van der Waals surface area contributed by atoms with Crippen LogP contribution in [-0.2, 0) is 11.3 Å². The maximum absolute atomic E-state index is 12.2. The Hall–Kier alpha value is -1.65. The summed E-state index contributed by atoms with van der Waals surface area (Å²) >= 11 is 0. The van der Waals surface area contributed by atoms with Crippen molar-refractivity contribution in [2.45, 2.75) is 45.7 Å². The fraction of sp³-hybridized carbons (Fsp3) is 0.615. The molecule has 0 spiro atoms. The molecular weight excluding hydrogens is 230 g/mol. The van der Waals surface area contributed by atoms with Gasteiger partial charge in [-0.1, -0.05) is 0 Å². The molecule has 1 atom stereocenters. The lowest BCUT2D eigenvalue weighted by atomic mass is 10.0. The van der Waals surface area contributed by atoms with Gasteiger partial charge in [-0.15, -0.1) is 0 Å². The fourth-order valence-electron chi connectivity index (χ4n) is 2.35. The minimum Gasteiger partial charge on any atom is -0.338 e. The Balaban J connectivity index is 2.11. The lowest BCUT2D eigenvalue weighted by molar-refractivity contribution is -0.135. The zero-order valence-corrected chi connectivity index (χ0v) is 10.9. The summed E-state index contributed by atoms with van der Waals surface area (Å²) < 4.78 is 1.25. The molecule has 18 heavy (non-hydrogen) atoms. The van der Waals surface area contributed by atoms with Crippen molar-refractivity contribution in [1.29, 1.82) is 0 Å². The lowest BCUT2D eigenvalue weighted by Crippen LogP contribution is -2.45. The smallest absolute Gasteiger partial charge is 0.267 e. The number of rotatable bonds is 2. The zero-order chi connectivity index (χ0) is 13.1. The lowest BCUT2D eigenvalue weighted by Gasteiger charge is -2.33. The zero-order valence-electron chi connectivity index (χ0n) is 10.9. The predicted molar refractivity (Wildman–Crippen MR) is 68.3 cm³/mol. The van der Waals surface area contributed by atoms with Gasteiger partial charge in [0.1, 0.15) is 6.54 Å². The Labute approximate surface area is 106 Å². The van der Waals surface area contributed by atoms with Crippen molar-refractivity contribution in [3.05, 3.63) is 28.2 Å². The molecule has 5 heteroatoms. The Morgan fingerprint density at radius 1 is 1.44 bits per heavy atom. The summed E-state index contributed by atoms with van der Waals surface area (Å²) in [6.45, 7) is 4.71. The Morgan fingerprint density at radius 2 is 2.22 bits per heavy atom. The van der Waals surface area contributed by atoms with Crippen LogP contribution in [-0.4, -0.2) is 33.2 Å². The van der Waals surface area contributed by atoms with Crippen molar-refractivity contribution in [3.8, 4) is 0 Å². The van der Waals surface area contributed by atoms with E-state index in [2.05, 4.69) is 12.0 Å². The van der Waals surface area contributed by atoms with E-state index in [1.54, 1.807) is 6.07 Å². The molecule has 1 aromatic rings. The molecule has 1 fully saturated rings. The van der Waals surface area contributed by atoms with Gasteiger partial charge in [0.25, 0.3) is 5.56 Å². The van der Waals surface area contributed by atoms with E-state index < -0.39 is 0 Å². The molecule has 5 nitrogen and oxygen atoms in total. The van der Waals surface area contributed by atoms with Gasteiger partial charge in [-0.2, -0.15) is 5.10 Å². The molecule has 1 aliphatic heterocycles. The van der Waals surface area contributed by atoms with E-state index in [1.165, 1.54) is 17.2 Å². The second kappa shape index (κ2) is 5.33. The topological polar surface area (TPSA) is 55.2 Å². The minimum absolute atomic E-state index is 0.0117. The molecular formula is C13H19N3O2. The van der Waals surface area contributed by atoms with Crippen molar-refractivity contribution < 1.29 is 4.79 Å². The maximum atomic E-state index is 12.2. The molecule has 0 bridgehead atoms. The van der Waals surface area contributed by atoms with E-state index in [0.717, 1.165) is 25.1 Å². The molecule has 0 aromatic carbocycles. The molecule has 98 valence electrons. The number of aromatic nitrogens is 2. The van der Waals surface area contributed by atoms with Crippen LogP contribution in [0.3, 0.4) is 0 Å². The van der Waals surface area contributed by atoms with Crippen LogP contribution in [0.1, 0.15) is 31.9 Å². The summed E-state index contributed by atoms with van der Waals surface area (Å²) in [5, 5.41) is 4.09. The average Bonchev–Trinajstić information content (AvgIpc) is 2.34. The van der Waals surface area contributed by atoms with E-state index in [0.29, 0.717) is 0 Å². The Morgan fingerprint density at radius 3 is 2.94 bits per heavy atom. The molecule has 1 saturated heterocycles. The van der Waals surface area contributed by atoms with Crippen molar-refractivity contribution in [2.24, 2.45) is 0 Å². The average molecular weight is 249 g/mol. The number of aryl methyl sites for hydroxylation is 1. The summed E-state index contributed by atoms with van der Waals surface area (Å²) in [5.74, 6) is -0.0117. The molecule has 0 radical (unpaired) electrons. The number of carbonyl (C=O) groups is 1. The first kappa shape index (κ1) is 12.8. The molecule has 1 unspecified atom stereocenters. The highest BCUT2D eigenvalue weighted by Crippen LogP contribution is 2.16. The minimum atomic E-state index is -0.224. The van der Waals surface area contributed by atoms with Crippen LogP contribution < -0.4 is 5.56 Å². The van der Waals surface area contributed by atoms with Crippen LogP contribution in [0.5, 0.6) is 0 Å². The third-order valence-electron chi connectivity index (χ3n) is 3.41. The van der Waals surface area contributed by atoms with Crippen LogP contribution in [0.2, 0.25) is 0 Å². The molecule has 1 aliphatic rings. The normalized spacial score (nSPS) is 19.9. The van der Waals surface area contributed by atoms with Gasteiger partial charge >= 0.3 is 0 Å². The van der Waals surface area contributed by atoms with Gasteiger partial charge in [-0.25, -0.2) is 4.68 Å². The SMILES string of the molecule is Cc1ccc(=O)n(CC(=O)N2CCCCC2C)n1. The van der Waals surface area contributed by atoms with Gasteiger partial charge in [0.2, 0.25) is 5.91 Å². The van der Waals surface area contributed by atoms with Gasteiger partial charge in [0, 0.05) is 18.7 Å². The van der Waals surface area contributed by atoms with Crippen LogP contribution in [0.25, 0.3) is 0 Å². The first-order chi connectivity index (χ1) is 8.58. The third kappa shape index (κ3) is 2.78. The number of nitrogens with zero attached hydrogens (tertiary/aromatic N) is 3. The van der Waals surface area contributed by atoms with Gasteiger partial charge in [0.05, 0.1) is 5.69 Å². The fourth-order valence-corrected chi connectivity index (χ4v) is 2.35. The molecule has 0 N–H and O–H groups in total. The number of likely N-dealkylation sites (tertiary alicyclic amines) is 1. The van der Waals surface area contributed by atoms with Gasteiger partial charge in [-0.05, 0) is 39.2 Å². The van der Waals surface area contributed by atoms with Crippen molar-refractivity contribution >= 4 is 5.91 Å². The third-order valence-corrected chi connectivity index (χ3v) is 3.41. The molecule has 1 aromatic heterocycles. The largest absolute Gasteiger partial charge is 0.338 e. The molecule has 2 rings (SSSR count). The summed E-state index contributed by atoms with van der Waals surface area (Å²) in [6, 6.07) is 3.38. The number of piperidine rings is 1. The molecule has 2 heterocycles. The number of amides is 1. The van der Waals surface area contributed by atoms with Gasteiger partial charge in [0.15, 0.2) is 0 Å². The highest BCUT2D eigenvalue weighted by atomic mass is 16.2. The van der Waals surface area contributed by atoms with E-state index in [1.807, 2.05) is 11.8 Å².